The monoisotopic (exact) mass is 443 g/mol. The summed E-state index contributed by atoms with van der Waals surface area (Å²) in [5, 5.41) is 0. The Morgan fingerprint density at radius 3 is 1.85 bits per heavy atom. The van der Waals surface area contributed by atoms with Gasteiger partial charge in [-0.25, -0.2) is 0 Å². The maximum absolute atomic E-state index is 6.44. The molecule has 3 aliphatic rings. The first kappa shape index (κ1) is 20.2. The second-order valence-corrected chi connectivity index (χ2v) is 10.6. The average molecular weight is 443 g/mol. The third-order valence-corrected chi connectivity index (χ3v) is 8.39. The highest BCUT2D eigenvalue weighted by atomic mass is 16.7. The molecule has 166 valence electrons. The van der Waals surface area contributed by atoms with Gasteiger partial charge in [0.1, 0.15) is 0 Å². The van der Waals surface area contributed by atoms with Crippen molar-refractivity contribution in [3.63, 3.8) is 0 Å². The predicted octanol–water partition coefficient (Wildman–Crippen LogP) is 5.72. The molecule has 4 heteroatoms. The molecule has 4 aromatic rings. The van der Waals surface area contributed by atoms with Crippen LogP contribution < -0.4 is 5.46 Å². The highest BCUT2D eigenvalue weighted by Gasteiger charge is 2.54. The maximum Gasteiger partial charge on any atom is 0.494 e. The molecule has 0 atom stereocenters. The lowest BCUT2D eigenvalue weighted by Gasteiger charge is -2.32. The van der Waals surface area contributed by atoms with Crippen molar-refractivity contribution < 1.29 is 9.31 Å². The van der Waals surface area contributed by atoms with E-state index in [1.54, 1.807) is 0 Å². The fourth-order valence-electron chi connectivity index (χ4n) is 6.09. The summed E-state index contributed by atoms with van der Waals surface area (Å²) in [5.74, 6) is 0. The Kier molecular flexibility index (Phi) is 3.84. The fourth-order valence-corrected chi connectivity index (χ4v) is 6.09. The van der Waals surface area contributed by atoms with Crippen LogP contribution in [0.1, 0.15) is 49.9 Å². The molecule has 1 fully saturated rings. The molecule has 0 bridgehead atoms. The molecule has 34 heavy (non-hydrogen) atoms. The normalized spacial score (nSPS) is 19.6. The summed E-state index contributed by atoms with van der Waals surface area (Å²) in [7, 11) is -0.407. The fraction of sp³-hybridized carbons (Fsp3) is 0.233. The number of pyridine rings is 1. The van der Waals surface area contributed by atoms with Gasteiger partial charge in [0.25, 0.3) is 0 Å². The summed E-state index contributed by atoms with van der Waals surface area (Å²) in [6, 6.07) is 28.6. The summed E-state index contributed by atoms with van der Waals surface area (Å²) in [6.07, 6.45) is 1.90. The maximum atomic E-state index is 6.44. The predicted molar refractivity (Wildman–Crippen MR) is 136 cm³/mol. The van der Waals surface area contributed by atoms with Crippen LogP contribution in [0.4, 0.5) is 0 Å². The second kappa shape index (κ2) is 6.47. The molecule has 1 spiro atoms. The van der Waals surface area contributed by atoms with Gasteiger partial charge in [-0.15, -0.1) is 0 Å². The Hall–Kier alpha value is -3.21. The zero-order chi connectivity index (χ0) is 23.3. The molecular formula is C30H26BNO2. The SMILES string of the molecule is CC1(C)OB(c2ccc3c(c2)C2(c4ccccc4-c4ccccc42)c2cccnc2-3)OC1(C)C. The molecule has 0 saturated carbocycles. The first-order valence-corrected chi connectivity index (χ1v) is 12.0. The minimum absolute atomic E-state index is 0.383. The van der Waals surface area contributed by atoms with Crippen molar-refractivity contribution in [2.45, 2.75) is 44.3 Å². The van der Waals surface area contributed by atoms with Gasteiger partial charge in [-0.2, -0.15) is 0 Å². The summed E-state index contributed by atoms with van der Waals surface area (Å²) in [4.78, 5) is 4.88. The van der Waals surface area contributed by atoms with Gasteiger partial charge < -0.3 is 9.31 Å². The van der Waals surface area contributed by atoms with Gasteiger partial charge in [-0.1, -0.05) is 72.8 Å². The molecule has 3 aromatic carbocycles. The standard InChI is InChI=1S/C30H26BNO2/c1-28(2)29(3,4)34-31(33-28)19-15-16-22-26(18-19)30(25-14-9-17-32-27(22)25)23-12-7-5-10-20(23)21-11-6-8-13-24(21)30/h5-18H,1-4H3. The lowest BCUT2D eigenvalue weighted by atomic mass is 9.68. The average Bonchev–Trinajstić information content (AvgIpc) is 3.39. The van der Waals surface area contributed by atoms with Crippen LogP contribution in [0.5, 0.6) is 0 Å². The molecule has 3 nitrogen and oxygen atoms in total. The van der Waals surface area contributed by atoms with Gasteiger partial charge in [0.05, 0.1) is 22.3 Å². The molecule has 1 aromatic heterocycles. The molecule has 0 unspecified atom stereocenters. The van der Waals surface area contributed by atoms with Crippen LogP contribution in [0.15, 0.2) is 85.1 Å². The van der Waals surface area contributed by atoms with E-state index >= 15 is 0 Å². The second-order valence-electron chi connectivity index (χ2n) is 10.6. The first-order chi connectivity index (χ1) is 16.3. The van der Waals surface area contributed by atoms with E-state index < -0.39 is 12.5 Å². The zero-order valence-electron chi connectivity index (χ0n) is 19.9. The third kappa shape index (κ3) is 2.33. The van der Waals surface area contributed by atoms with Gasteiger partial charge in [0.2, 0.25) is 0 Å². The minimum Gasteiger partial charge on any atom is -0.399 e. The van der Waals surface area contributed by atoms with E-state index in [0.717, 1.165) is 11.2 Å². The Morgan fingerprint density at radius 1 is 0.618 bits per heavy atom. The van der Waals surface area contributed by atoms with Gasteiger partial charge in [-0.3, -0.25) is 4.98 Å². The summed E-state index contributed by atoms with van der Waals surface area (Å²) in [5.41, 5.74) is 9.84. The van der Waals surface area contributed by atoms with Crippen molar-refractivity contribution in [3.05, 3.63) is 107 Å². The van der Waals surface area contributed by atoms with Gasteiger partial charge in [0.15, 0.2) is 0 Å². The first-order valence-electron chi connectivity index (χ1n) is 12.0. The number of aromatic nitrogens is 1. The lowest BCUT2D eigenvalue weighted by molar-refractivity contribution is 0.00578. The number of hydrogen-bond acceptors (Lipinski definition) is 3. The molecule has 1 saturated heterocycles. The molecule has 0 radical (unpaired) electrons. The zero-order valence-corrected chi connectivity index (χ0v) is 19.9. The summed E-state index contributed by atoms with van der Waals surface area (Å²) < 4.78 is 12.9. The highest BCUT2D eigenvalue weighted by Crippen LogP contribution is 2.62. The van der Waals surface area contributed by atoms with Crippen LogP contribution in [0.2, 0.25) is 0 Å². The Balaban J connectivity index is 1.53. The minimum atomic E-state index is -0.407. The van der Waals surface area contributed by atoms with Crippen molar-refractivity contribution in [2.75, 3.05) is 0 Å². The van der Waals surface area contributed by atoms with Crippen LogP contribution in [0.25, 0.3) is 22.4 Å². The summed E-state index contributed by atoms with van der Waals surface area (Å²) in [6.45, 7) is 8.41. The molecule has 0 amide bonds. The van der Waals surface area contributed by atoms with Crippen molar-refractivity contribution in [1.29, 1.82) is 0 Å². The Labute approximate surface area is 200 Å². The quantitative estimate of drug-likeness (QED) is 0.305. The van der Waals surface area contributed by atoms with E-state index in [1.165, 1.54) is 38.9 Å². The van der Waals surface area contributed by atoms with Crippen molar-refractivity contribution in [3.8, 4) is 22.4 Å². The Bertz CT molecular complexity index is 1410. The topological polar surface area (TPSA) is 31.4 Å². The summed E-state index contributed by atoms with van der Waals surface area (Å²) >= 11 is 0. The van der Waals surface area contributed by atoms with E-state index in [-0.39, 0.29) is 11.2 Å². The van der Waals surface area contributed by atoms with E-state index in [9.17, 15) is 0 Å². The smallest absolute Gasteiger partial charge is 0.399 e. The van der Waals surface area contributed by atoms with E-state index in [4.69, 9.17) is 14.3 Å². The van der Waals surface area contributed by atoms with Crippen molar-refractivity contribution in [1.82, 2.24) is 4.98 Å². The van der Waals surface area contributed by atoms with E-state index in [0.29, 0.717) is 0 Å². The van der Waals surface area contributed by atoms with Gasteiger partial charge in [0, 0.05) is 11.8 Å². The molecule has 2 aliphatic carbocycles. The highest BCUT2D eigenvalue weighted by molar-refractivity contribution is 6.62. The molecule has 2 heterocycles. The van der Waals surface area contributed by atoms with Crippen LogP contribution >= 0.6 is 0 Å². The van der Waals surface area contributed by atoms with Gasteiger partial charge >= 0.3 is 7.12 Å². The largest absolute Gasteiger partial charge is 0.494 e. The Morgan fingerprint density at radius 2 is 1.21 bits per heavy atom. The van der Waals surface area contributed by atoms with Crippen LogP contribution in [-0.4, -0.2) is 23.3 Å². The van der Waals surface area contributed by atoms with Crippen molar-refractivity contribution >= 4 is 12.6 Å². The number of fused-ring (bicyclic) bond motifs is 10. The lowest BCUT2D eigenvalue weighted by Crippen LogP contribution is -2.41. The van der Waals surface area contributed by atoms with Gasteiger partial charge in [-0.05, 0) is 72.6 Å². The number of nitrogens with zero attached hydrogens (tertiary/aromatic N) is 1. The molecule has 1 aliphatic heterocycles. The van der Waals surface area contributed by atoms with E-state index in [2.05, 4.69) is 107 Å². The van der Waals surface area contributed by atoms with Crippen molar-refractivity contribution in [2.24, 2.45) is 0 Å². The molecule has 0 N–H and O–H groups in total. The third-order valence-electron chi connectivity index (χ3n) is 8.39. The van der Waals surface area contributed by atoms with E-state index in [1.807, 2.05) is 6.20 Å². The number of benzene rings is 3. The molecular weight excluding hydrogens is 417 g/mol. The molecule has 7 rings (SSSR count). The number of rotatable bonds is 1. The number of hydrogen-bond donors (Lipinski definition) is 0. The van der Waals surface area contributed by atoms with Crippen LogP contribution in [0.3, 0.4) is 0 Å². The van der Waals surface area contributed by atoms with Crippen LogP contribution in [-0.2, 0) is 14.7 Å². The van der Waals surface area contributed by atoms with Crippen LogP contribution in [0, 0.1) is 0 Å².